The Morgan fingerprint density at radius 2 is 2.12 bits per heavy atom. The summed E-state index contributed by atoms with van der Waals surface area (Å²) >= 11 is 1.42. The first-order chi connectivity index (χ1) is 20.8. The highest BCUT2D eigenvalue weighted by atomic mass is 32.1. The molecule has 1 saturated heterocycles. The van der Waals surface area contributed by atoms with Gasteiger partial charge in [-0.05, 0) is 55.4 Å². The van der Waals surface area contributed by atoms with Gasteiger partial charge in [-0.15, -0.1) is 0 Å². The maximum absolute atomic E-state index is 12.6. The number of aromatic nitrogens is 6. The van der Waals surface area contributed by atoms with Crippen LogP contribution in [-0.2, 0) is 24.4 Å². The predicted octanol–water partition coefficient (Wildman–Crippen LogP) is 4.56. The molecule has 1 aromatic carbocycles. The van der Waals surface area contributed by atoms with Crippen LogP contribution >= 0.6 is 11.5 Å². The summed E-state index contributed by atoms with van der Waals surface area (Å²) in [5.74, 6) is 1.10. The fourth-order valence-corrected chi connectivity index (χ4v) is 6.05. The summed E-state index contributed by atoms with van der Waals surface area (Å²) in [4.78, 5) is 34.9. The van der Waals surface area contributed by atoms with E-state index in [9.17, 15) is 14.9 Å². The van der Waals surface area contributed by atoms with Gasteiger partial charge in [-0.1, -0.05) is 19.1 Å². The zero-order valence-electron chi connectivity index (χ0n) is 23.9. The molecule has 5 aromatic rings. The largest absolute Gasteiger partial charge is 0.350 e. The van der Waals surface area contributed by atoms with Crippen molar-refractivity contribution in [2.75, 3.05) is 18.4 Å². The van der Waals surface area contributed by atoms with Crippen molar-refractivity contribution in [2.24, 2.45) is 5.92 Å². The zero-order valence-corrected chi connectivity index (χ0v) is 24.8. The minimum atomic E-state index is -0.458. The van der Waals surface area contributed by atoms with E-state index >= 15 is 0 Å². The number of fused-ring (bicyclic) bond motifs is 1. The Labute approximate surface area is 251 Å². The number of hydrogen-bond donors (Lipinski definition) is 2. The lowest BCUT2D eigenvalue weighted by Crippen LogP contribution is -2.33. The van der Waals surface area contributed by atoms with Crippen LogP contribution in [-0.4, -0.2) is 57.3 Å². The SMILES string of the molecule is Cc1cn2c(-c3cnn(CC(=O)NCc4cccc([N+](=O)[O-])c4)c3)cnc2c(Nc2cc(CN3CCCC(C)C3)ns2)n1. The fourth-order valence-electron chi connectivity index (χ4n) is 5.39. The molecule has 13 nitrogen and oxygen atoms in total. The predicted molar refractivity (Wildman–Crippen MR) is 163 cm³/mol. The van der Waals surface area contributed by atoms with Crippen molar-refractivity contribution in [2.45, 2.75) is 46.3 Å². The van der Waals surface area contributed by atoms with E-state index in [0.29, 0.717) is 17.0 Å². The molecule has 0 saturated carbocycles. The number of piperidine rings is 1. The van der Waals surface area contributed by atoms with Crippen LogP contribution < -0.4 is 10.6 Å². The molecular formula is C29H32N10O3S. The van der Waals surface area contributed by atoms with Gasteiger partial charge in [0.1, 0.15) is 11.5 Å². The second-order valence-electron chi connectivity index (χ2n) is 11.0. The molecule has 14 heteroatoms. The fraction of sp³-hybridized carbons (Fsp3) is 0.345. The first-order valence-corrected chi connectivity index (χ1v) is 14.9. The molecule has 1 fully saturated rings. The van der Waals surface area contributed by atoms with E-state index in [0.717, 1.165) is 53.2 Å². The van der Waals surface area contributed by atoms with Crippen LogP contribution in [0.5, 0.6) is 0 Å². The molecule has 5 heterocycles. The lowest BCUT2D eigenvalue weighted by Gasteiger charge is -2.30. The number of nitrogens with one attached hydrogen (secondary N) is 2. The highest BCUT2D eigenvalue weighted by Crippen LogP contribution is 2.28. The molecule has 1 aliphatic heterocycles. The van der Waals surface area contributed by atoms with Gasteiger partial charge in [0, 0.05) is 49.7 Å². The topological polar surface area (TPSA) is 148 Å². The third kappa shape index (κ3) is 6.70. The van der Waals surface area contributed by atoms with Crippen molar-refractivity contribution in [3.63, 3.8) is 0 Å². The van der Waals surface area contributed by atoms with Crippen molar-refractivity contribution in [1.82, 2.24) is 38.7 Å². The number of non-ortho nitro benzene ring substituents is 1. The minimum Gasteiger partial charge on any atom is -0.350 e. The van der Waals surface area contributed by atoms with Crippen LogP contribution in [0.2, 0.25) is 0 Å². The van der Waals surface area contributed by atoms with Crippen molar-refractivity contribution >= 4 is 39.6 Å². The van der Waals surface area contributed by atoms with E-state index in [1.807, 2.05) is 17.5 Å². The van der Waals surface area contributed by atoms with Crippen LogP contribution in [0, 0.1) is 23.0 Å². The number of aryl methyl sites for hydroxylation is 1. The highest BCUT2D eigenvalue weighted by Gasteiger charge is 2.19. The average molecular weight is 601 g/mol. The number of hydrogen-bond acceptors (Lipinski definition) is 10. The number of amides is 1. The number of nitro groups is 1. The van der Waals surface area contributed by atoms with Crippen LogP contribution in [0.15, 0.2) is 55.1 Å². The molecule has 43 heavy (non-hydrogen) atoms. The molecule has 1 amide bonds. The molecule has 1 aliphatic rings. The van der Waals surface area contributed by atoms with E-state index < -0.39 is 4.92 Å². The Kier molecular flexibility index (Phi) is 8.11. The van der Waals surface area contributed by atoms with E-state index in [1.54, 1.807) is 35.4 Å². The first kappa shape index (κ1) is 28.4. The summed E-state index contributed by atoms with van der Waals surface area (Å²) in [5.41, 5.74) is 4.78. The summed E-state index contributed by atoms with van der Waals surface area (Å²) in [7, 11) is 0. The van der Waals surface area contributed by atoms with Crippen LogP contribution in [0.25, 0.3) is 16.9 Å². The third-order valence-corrected chi connectivity index (χ3v) is 8.13. The van der Waals surface area contributed by atoms with Crippen LogP contribution in [0.1, 0.15) is 36.7 Å². The molecule has 0 radical (unpaired) electrons. The lowest BCUT2D eigenvalue weighted by molar-refractivity contribution is -0.384. The molecule has 2 N–H and O–H groups in total. The molecular weight excluding hydrogens is 568 g/mol. The van der Waals surface area contributed by atoms with Gasteiger partial charge in [0.05, 0.1) is 34.4 Å². The Balaban J connectivity index is 1.12. The van der Waals surface area contributed by atoms with Crippen LogP contribution in [0.4, 0.5) is 16.5 Å². The summed E-state index contributed by atoms with van der Waals surface area (Å²) in [6.07, 6.45) is 9.69. The molecule has 0 spiro atoms. The normalized spacial score (nSPS) is 15.5. The van der Waals surface area contributed by atoms with Crippen molar-refractivity contribution in [3.8, 4) is 11.3 Å². The van der Waals surface area contributed by atoms with Crippen molar-refractivity contribution in [1.29, 1.82) is 0 Å². The number of likely N-dealkylation sites (tertiary alicyclic amines) is 1. The van der Waals surface area contributed by atoms with Gasteiger partial charge in [-0.3, -0.25) is 28.9 Å². The molecule has 6 rings (SSSR count). The first-order valence-electron chi connectivity index (χ1n) is 14.1. The van der Waals surface area contributed by atoms with E-state index in [4.69, 9.17) is 4.98 Å². The van der Waals surface area contributed by atoms with E-state index in [2.05, 4.69) is 43.0 Å². The molecule has 0 bridgehead atoms. The van der Waals surface area contributed by atoms with Crippen molar-refractivity contribution in [3.05, 3.63) is 82.2 Å². The zero-order chi connectivity index (χ0) is 29.9. The van der Waals surface area contributed by atoms with Gasteiger partial charge < -0.3 is 10.6 Å². The Bertz CT molecular complexity index is 1780. The lowest BCUT2D eigenvalue weighted by atomic mass is 10.0. The van der Waals surface area contributed by atoms with Gasteiger partial charge in [-0.25, -0.2) is 9.97 Å². The highest BCUT2D eigenvalue weighted by molar-refractivity contribution is 7.10. The minimum absolute atomic E-state index is 0.00308. The standard InChI is InChI=1S/C29H32N10O3S/c1-19-5-4-8-36(14-19)17-23-10-27(43-35-23)34-28-29-31-13-25(38(29)15-20(2)33-28)22-12-32-37(16-22)18-26(40)30-11-21-6-3-7-24(9-21)39(41)42/h3,6-7,9-10,12-13,15-16,19H,4-5,8,11,14,17-18H2,1-2H3,(H,30,40)(H,33,34). The monoisotopic (exact) mass is 600 g/mol. The number of benzene rings is 1. The second-order valence-corrected chi connectivity index (χ2v) is 11.8. The Hall–Kier alpha value is -4.69. The van der Waals surface area contributed by atoms with Gasteiger partial charge in [-0.2, -0.15) is 9.47 Å². The molecule has 1 atom stereocenters. The van der Waals surface area contributed by atoms with Gasteiger partial charge in [0.25, 0.3) is 5.69 Å². The molecule has 0 aliphatic carbocycles. The maximum atomic E-state index is 12.6. The van der Waals surface area contributed by atoms with Crippen molar-refractivity contribution < 1.29 is 9.72 Å². The van der Waals surface area contributed by atoms with Gasteiger partial charge >= 0.3 is 0 Å². The second kappa shape index (κ2) is 12.3. The Morgan fingerprint density at radius 3 is 2.95 bits per heavy atom. The number of imidazole rings is 1. The van der Waals surface area contributed by atoms with Gasteiger partial charge in [0.2, 0.25) is 5.91 Å². The molecule has 1 unspecified atom stereocenters. The summed E-state index contributed by atoms with van der Waals surface area (Å²) in [6.45, 7) is 7.50. The number of anilines is 2. The summed E-state index contributed by atoms with van der Waals surface area (Å²) < 4.78 is 8.18. The van der Waals surface area contributed by atoms with Crippen LogP contribution in [0.3, 0.4) is 0 Å². The number of carbonyl (C=O) groups excluding carboxylic acids is 1. The summed E-state index contributed by atoms with van der Waals surface area (Å²) in [5, 5.41) is 22.5. The Morgan fingerprint density at radius 1 is 1.23 bits per heavy atom. The van der Waals surface area contributed by atoms with E-state index in [1.165, 1.54) is 36.5 Å². The average Bonchev–Trinajstić information content (AvgIpc) is 3.72. The summed E-state index contributed by atoms with van der Waals surface area (Å²) in [6, 6.07) is 8.27. The number of nitro benzene ring substituents is 1. The third-order valence-electron chi connectivity index (χ3n) is 7.39. The molecule has 4 aromatic heterocycles. The maximum Gasteiger partial charge on any atom is 0.269 e. The van der Waals surface area contributed by atoms with Gasteiger partial charge in [0.15, 0.2) is 11.5 Å². The molecule has 222 valence electrons. The van der Waals surface area contributed by atoms with E-state index in [-0.39, 0.29) is 24.7 Å². The quantitative estimate of drug-likeness (QED) is 0.174. The number of carbonyl (C=O) groups is 1. The number of rotatable bonds is 10. The number of nitrogens with zero attached hydrogens (tertiary/aromatic N) is 8. The smallest absolute Gasteiger partial charge is 0.269 e.